The molecule has 0 bridgehead atoms. The third kappa shape index (κ3) is 23.0. The molecule has 1 heterocycles. The lowest BCUT2D eigenvalue weighted by atomic mass is 10.1. The molecule has 0 spiro atoms. The highest BCUT2D eigenvalue weighted by Crippen LogP contribution is 2.16. The first-order chi connectivity index (χ1) is 19.0. The molecule has 9 heteroatoms. The van der Waals surface area contributed by atoms with Gasteiger partial charge < -0.3 is 31.2 Å². The molecule has 7 N–H and O–H groups in total. The molecule has 0 amide bonds. The first-order valence-electron chi connectivity index (χ1n) is 13.6. The van der Waals surface area contributed by atoms with Crippen LogP contribution in [0.15, 0.2) is 83.2 Å². The Morgan fingerprint density at radius 1 is 1.17 bits per heavy atom. The zero-order valence-electron chi connectivity index (χ0n) is 26.8. The third-order valence-corrected chi connectivity index (χ3v) is 4.76. The zero-order chi connectivity index (χ0) is 31.0. The minimum Gasteiger partial charge on any atom is -0.481 e. The van der Waals surface area contributed by atoms with Crippen molar-refractivity contribution in [2.45, 2.75) is 61.0 Å². The highest BCUT2D eigenvalue weighted by Gasteiger charge is 2.04. The Hall–Kier alpha value is -3.50. The van der Waals surface area contributed by atoms with E-state index in [4.69, 9.17) is 20.8 Å². The lowest BCUT2D eigenvalue weighted by molar-refractivity contribution is 0.102. The highest BCUT2D eigenvalue weighted by atomic mass is 16.5. The van der Waals surface area contributed by atoms with Crippen LogP contribution in [0.4, 0.5) is 0 Å². The number of aromatic nitrogens is 1. The van der Waals surface area contributed by atoms with Crippen LogP contribution in [0.5, 0.6) is 5.88 Å². The maximum Gasteiger partial charge on any atom is 0.212 e. The van der Waals surface area contributed by atoms with Crippen LogP contribution in [-0.4, -0.2) is 71.3 Å². The summed E-state index contributed by atoms with van der Waals surface area (Å²) in [5.74, 6) is 0.540. The van der Waals surface area contributed by atoms with Gasteiger partial charge in [-0.25, -0.2) is 10.5 Å². The van der Waals surface area contributed by atoms with E-state index in [1.807, 2.05) is 63.3 Å². The average molecular weight is 576 g/mol. The number of methoxy groups -OCH3 is 1. The molecule has 9 nitrogen and oxygen atoms in total. The molecule has 0 unspecified atom stereocenters. The number of likely N-dealkylation sites (N-methyl/N-ethyl adjacent to an activating group) is 1. The highest BCUT2D eigenvalue weighted by molar-refractivity contribution is 5.93. The van der Waals surface area contributed by atoms with Gasteiger partial charge in [0, 0.05) is 69.1 Å². The summed E-state index contributed by atoms with van der Waals surface area (Å²) in [4.78, 5) is 10.4. The van der Waals surface area contributed by atoms with Gasteiger partial charge in [0.2, 0.25) is 5.88 Å². The number of aliphatic imine (C=N–C) groups is 1. The van der Waals surface area contributed by atoms with Gasteiger partial charge in [-0.05, 0) is 53.7 Å². The van der Waals surface area contributed by atoms with Crippen LogP contribution in [0, 0.1) is 6.92 Å². The van der Waals surface area contributed by atoms with Gasteiger partial charge in [-0.3, -0.25) is 4.99 Å². The maximum absolute atomic E-state index is 8.75. The number of nitrogens with one attached hydrogen (secondary N) is 1. The van der Waals surface area contributed by atoms with Gasteiger partial charge in [0.15, 0.2) is 0 Å². The molecule has 2 aromatic rings. The van der Waals surface area contributed by atoms with E-state index < -0.39 is 5.60 Å². The number of benzene rings is 1. The Labute approximate surface area is 249 Å². The molecule has 0 aliphatic carbocycles. The first kappa shape index (κ1) is 42.0. The smallest absolute Gasteiger partial charge is 0.212 e. The molecule has 0 aliphatic rings. The van der Waals surface area contributed by atoms with E-state index >= 15 is 0 Å². The predicted octanol–water partition coefficient (Wildman–Crippen LogP) is 5.44. The van der Waals surface area contributed by atoms with Gasteiger partial charge >= 0.3 is 0 Å². The second kappa shape index (κ2) is 25.5. The van der Waals surface area contributed by atoms with E-state index in [1.165, 1.54) is 5.56 Å². The van der Waals surface area contributed by atoms with E-state index in [0.717, 1.165) is 29.9 Å². The van der Waals surface area contributed by atoms with Crippen molar-refractivity contribution in [3.8, 4) is 5.88 Å². The third-order valence-electron chi connectivity index (χ3n) is 4.76. The number of nitrogens with two attached hydrogens (primary N) is 1. The Balaban J connectivity index is -0.000000372. The topological polar surface area (TPSA) is 148 Å². The molecule has 0 fully saturated rings. The summed E-state index contributed by atoms with van der Waals surface area (Å²) in [6, 6.07) is 13.9. The molecule has 0 radical (unpaired) electrons. The van der Waals surface area contributed by atoms with E-state index in [9.17, 15) is 0 Å². The normalized spacial score (nSPS) is 11.6. The van der Waals surface area contributed by atoms with Gasteiger partial charge in [0.25, 0.3) is 0 Å². The fourth-order valence-electron chi connectivity index (χ4n) is 2.87. The molecule has 0 saturated heterocycles. The summed E-state index contributed by atoms with van der Waals surface area (Å²) in [6.07, 6.45) is 9.24. The Morgan fingerprint density at radius 3 is 2.15 bits per heavy atom. The van der Waals surface area contributed by atoms with E-state index in [0.29, 0.717) is 18.1 Å². The van der Waals surface area contributed by atoms with E-state index in [-0.39, 0.29) is 6.90 Å². The van der Waals surface area contributed by atoms with Crippen LogP contribution in [0.2, 0.25) is 0 Å². The van der Waals surface area contributed by atoms with Gasteiger partial charge in [0.1, 0.15) is 0 Å². The van der Waals surface area contributed by atoms with Crippen molar-refractivity contribution >= 4 is 11.9 Å². The number of pyridine rings is 1. The van der Waals surface area contributed by atoms with Crippen molar-refractivity contribution in [1.82, 2.24) is 15.4 Å². The number of hydroxylamine groups is 1. The zero-order valence-corrected chi connectivity index (χ0v) is 26.8. The molecule has 234 valence electrons. The van der Waals surface area contributed by atoms with Crippen molar-refractivity contribution in [2.75, 3.05) is 33.8 Å². The minimum absolute atomic E-state index is 0. The molecular formula is C32H57N5O4. The van der Waals surface area contributed by atoms with Gasteiger partial charge in [-0.1, -0.05) is 61.9 Å². The maximum atomic E-state index is 8.75. The summed E-state index contributed by atoms with van der Waals surface area (Å²) in [5.41, 5.74) is 12.6. The molecular weight excluding hydrogens is 518 g/mol. The summed E-state index contributed by atoms with van der Waals surface area (Å²) in [5, 5.41) is 17.3. The van der Waals surface area contributed by atoms with Crippen LogP contribution >= 0.6 is 0 Å². The fourth-order valence-corrected chi connectivity index (χ4v) is 2.87. The van der Waals surface area contributed by atoms with E-state index in [1.54, 1.807) is 53.4 Å². The molecule has 1 aromatic carbocycles. The lowest BCUT2D eigenvalue weighted by Crippen LogP contribution is -2.29. The van der Waals surface area contributed by atoms with Crippen molar-refractivity contribution < 1.29 is 22.0 Å². The van der Waals surface area contributed by atoms with Gasteiger partial charge in [-0.15, -0.1) is 0 Å². The molecule has 0 aliphatic heterocycles. The van der Waals surface area contributed by atoms with E-state index in [2.05, 4.69) is 46.3 Å². The van der Waals surface area contributed by atoms with Crippen LogP contribution in [-0.2, 0) is 0 Å². The number of rotatable bonds is 10. The molecule has 1 aromatic heterocycles. The second-order valence-electron chi connectivity index (χ2n) is 9.33. The summed E-state index contributed by atoms with van der Waals surface area (Å²) >= 11 is 0. The molecule has 0 atom stereocenters. The number of hydrogen-bond acceptors (Lipinski definition) is 8. The predicted molar refractivity (Wildman–Crippen MR) is 176 cm³/mol. The average Bonchev–Trinajstić information content (AvgIpc) is 2.93. The number of ether oxygens (including phenoxy) is 1. The lowest BCUT2D eigenvalue weighted by Gasteiger charge is -2.22. The second-order valence-corrected chi connectivity index (χ2v) is 9.33. The summed E-state index contributed by atoms with van der Waals surface area (Å²) in [6.45, 7) is 17.5. The SMILES string of the molecule is CC.CC(C)(C)O.CCN(CCNO)/C(C)=C/C=C\C(C=NC)=C(\N)c1ccc(OC)nc1.Cc1ccccc1.O.[HH]. The number of nitrogens with zero attached hydrogens (tertiary/aromatic N) is 3. The summed E-state index contributed by atoms with van der Waals surface area (Å²) in [7, 11) is 3.28. The number of allylic oxidation sites excluding steroid dienone is 5. The van der Waals surface area contributed by atoms with Crippen molar-refractivity contribution in [3.63, 3.8) is 0 Å². The van der Waals surface area contributed by atoms with Crippen LogP contribution in [0.25, 0.3) is 5.70 Å². The number of hydrogen-bond donors (Lipinski definition) is 4. The fraction of sp³-hybridized carbons (Fsp3) is 0.438. The largest absolute Gasteiger partial charge is 0.481 e. The first-order valence-corrected chi connectivity index (χ1v) is 13.6. The number of aliphatic hydroxyl groups is 1. The Morgan fingerprint density at radius 2 is 1.76 bits per heavy atom. The van der Waals surface area contributed by atoms with Gasteiger partial charge in [0.05, 0.1) is 12.7 Å². The van der Waals surface area contributed by atoms with Gasteiger partial charge in [-0.2, -0.15) is 0 Å². The Bertz CT molecular complexity index is 1010. The molecule has 41 heavy (non-hydrogen) atoms. The monoisotopic (exact) mass is 575 g/mol. The quantitative estimate of drug-likeness (QED) is 0.167. The van der Waals surface area contributed by atoms with Crippen molar-refractivity contribution in [3.05, 3.63) is 89.3 Å². The summed E-state index contributed by atoms with van der Waals surface area (Å²) < 4.78 is 5.07. The van der Waals surface area contributed by atoms with Crippen molar-refractivity contribution in [1.29, 1.82) is 0 Å². The van der Waals surface area contributed by atoms with Crippen LogP contribution in [0.3, 0.4) is 0 Å². The van der Waals surface area contributed by atoms with Crippen molar-refractivity contribution in [2.24, 2.45) is 10.7 Å². The standard InChI is InChI=1S/C19H29N5O2.C7H8.C4H10O.C2H6.H2O.H2/c1-5-24(12-11-23-25)15(2)7-6-8-16(13-21-3)19(20)17-9-10-18(26-4)22-14-17;1-7-5-3-2-4-6-7;1-4(2,3)5;1-2;;/h6-10,13-14,23,25H,5,11-12,20H2,1-4H3;2-6H,1H3;5H,1-3H3;1-2H3;1H2;1H/b8-6-,15-7+,19-16-,21-13?;;;;;. The van der Waals surface area contributed by atoms with Crippen LogP contribution in [0.1, 0.15) is 61.0 Å². The van der Waals surface area contributed by atoms with Crippen LogP contribution < -0.4 is 16.0 Å². The molecule has 0 saturated carbocycles. The number of aryl methyl sites for hydroxylation is 1. The Kier molecular flexibility index (Phi) is 26.1. The molecule has 2 rings (SSSR count). The minimum atomic E-state index is -0.500.